The normalized spacial score (nSPS) is 36.3. The van der Waals surface area contributed by atoms with Crippen LogP contribution in [0.15, 0.2) is 23.4 Å². The average Bonchev–Trinajstić information content (AvgIpc) is 2.64. The van der Waals surface area contributed by atoms with Gasteiger partial charge in [0.1, 0.15) is 0 Å². The Hall–Kier alpha value is -0.343. The van der Waals surface area contributed by atoms with Crippen LogP contribution in [0.2, 0.25) is 0 Å². The maximum absolute atomic E-state index is 5.96. The molecule has 2 bridgehead atoms. The van der Waals surface area contributed by atoms with Crippen molar-refractivity contribution >= 4 is 9.76 Å². The zero-order chi connectivity index (χ0) is 9.26. The van der Waals surface area contributed by atoms with Gasteiger partial charge in [-0.25, -0.2) is 0 Å². The van der Waals surface area contributed by atoms with Crippen LogP contribution >= 0.6 is 0 Å². The van der Waals surface area contributed by atoms with Crippen LogP contribution in [0.3, 0.4) is 0 Å². The Morgan fingerprint density at radius 1 is 1.38 bits per heavy atom. The summed E-state index contributed by atoms with van der Waals surface area (Å²) < 4.78 is 5.96. The second-order valence-corrected chi connectivity index (χ2v) is 5.51. The zero-order valence-electron chi connectivity index (χ0n) is 8.49. The molecule has 13 heavy (non-hydrogen) atoms. The lowest BCUT2D eigenvalue weighted by molar-refractivity contribution is 0.187. The molecule has 0 aliphatic heterocycles. The first kappa shape index (κ1) is 9.22. The van der Waals surface area contributed by atoms with Gasteiger partial charge >= 0.3 is 0 Å². The smallest absolute Gasteiger partial charge is 0.185 e. The molecular weight excluding hydrogens is 176 g/mol. The molecule has 0 aromatic heterocycles. The van der Waals surface area contributed by atoms with Crippen molar-refractivity contribution in [2.45, 2.75) is 32.8 Å². The van der Waals surface area contributed by atoms with E-state index in [0.717, 1.165) is 11.8 Å². The van der Waals surface area contributed by atoms with Crippen LogP contribution in [-0.2, 0) is 4.43 Å². The van der Waals surface area contributed by atoms with Crippen LogP contribution < -0.4 is 0 Å². The summed E-state index contributed by atoms with van der Waals surface area (Å²) in [5, 5.41) is 0. The molecule has 1 fully saturated rings. The Morgan fingerprint density at radius 3 is 2.77 bits per heavy atom. The van der Waals surface area contributed by atoms with E-state index in [1.807, 2.05) is 0 Å². The van der Waals surface area contributed by atoms with E-state index in [1.54, 1.807) is 0 Å². The fourth-order valence-corrected chi connectivity index (χ4v) is 3.32. The van der Waals surface area contributed by atoms with Gasteiger partial charge in [-0.3, -0.25) is 0 Å². The molecule has 0 amide bonds. The number of rotatable bonds is 3. The van der Waals surface area contributed by atoms with Crippen LogP contribution in [0.1, 0.15) is 26.7 Å². The Balaban J connectivity index is 1.78. The topological polar surface area (TPSA) is 9.23 Å². The highest BCUT2D eigenvalue weighted by atomic mass is 28.2. The van der Waals surface area contributed by atoms with Crippen LogP contribution in [0.4, 0.5) is 0 Å². The van der Waals surface area contributed by atoms with E-state index < -0.39 is 0 Å². The Morgan fingerprint density at radius 2 is 2.23 bits per heavy atom. The lowest BCUT2D eigenvalue weighted by Gasteiger charge is -2.18. The molecule has 0 saturated heterocycles. The lowest BCUT2D eigenvalue weighted by atomic mass is 10.1. The SMILES string of the molecule is CC(C)=C[SiH2]OC1CC2C=CC1C2. The van der Waals surface area contributed by atoms with Crippen molar-refractivity contribution in [2.75, 3.05) is 0 Å². The summed E-state index contributed by atoms with van der Waals surface area (Å²) in [4.78, 5) is 0. The summed E-state index contributed by atoms with van der Waals surface area (Å²) in [6.07, 6.45) is 7.93. The van der Waals surface area contributed by atoms with E-state index in [1.165, 1.54) is 18.4 Å². The number of hydrogen-bond donors (Lipinski definition) is 0. The first-order valence-electron chi connectivity index (χ1n) is 5.19. The molecule has 0 aromatic rings. The summed E-state index contributed by atoms with van der Waals surface area (Å²) in [7, 11) is -0.382. The quantitative estimate of drug-likeness (QED) is 0.493. The van der Waals surface area contributed by atoms with Crippen LogP contribution in [-0.4, -0.2) is 15.9 Å². The summed E-state index contributed by atoms with van der Waals surface area (Å²) >= 11 is 0. The van der Waals surface area contributed by atoms with E-state index in [0.29, 0.717) is 6.10 Å². The Kier molecular flexibility index (Phi) is 2.70. The van der Waals surface area contributed by atoms with E-state index in [-0.39, 0.29) is 9.76 Å². The van der Waals surface area contributed by atoms with Gasteiger partial charge in [-0.05, 0) is 32.6 Å². The molecule has 2 aliphatic rings. The van der Waals surface area contributed by atoms with Crippen LogP contribution in [0.5, 0.6) is 0 Å². The molecular formula is C11H18OSi. The lowest BCUT2D eigenvalue weighted by Crippen LogP contribution is -2.19. The predicted octanol–water partition coefficient (Wildman–Crippen LogP) is 1.98. The van der Waals surface area contributed by atoms with Gasteiger partial charge in [-0.2, -0.15) is 0 Å². The molecule has 0 N–H and O–H groups in total. The van der Waals surface area contributed by atoms with Gasteiger partial charge in [0.15, 0.2) is 9.76 Å². The monoisotopic (exact) mass is 194 g/mol. The summed E-state index contributed by atoms with van der Waals surface area (Å²) in [6, 6.07) is 0. The van der Waals surface area contributed by atoms with Gasteiger partial charge in [-0.1, -0.05) is 23.4 Å². The van der Waals surface area contributed by atoms with Gasteiger partial charge < -0.3 is 4.43 Å². The second kappa shape index (κ2) is 3.80. The molecule has 0 radical (unpaired) electrons. The van der Waals surface area contributed by atoms with Crippen molar-refractivity contribution in [1.29, 1.82) is 0 Å². The van der Waals surface area contributed by atoms with Crippen LogP contribution in [0, 0.1) is 11.8 Å². The van der Waals surface area contributed by atoms with E-state index >= 15 is 0 Å². The Bertz CT molecular complexity index is 240. The highest BCUT2D eigenvalue weighted by molar-refractivity contribution is 6.34. The summed E-state index contributed by atoms with van der Waals surface area (Å²) in [6.45, 7) is 4.30. The average molecular weight is 194 g/mol. The summed E-state index contributed by atoms with van der Waals surface area (Å²) in [5.74, 6) is 1.60. The third-order valence-electron chi connectivity index (χ3n) is 3.02. The van der Waals surface area contributed by atoms with Gasteiger partial charge in [0, 0.05) is 5.92 Å². The first-order chi connectivity index (χ1) is 6.25. The minimum atomic E-state index is -0.382. The molecule has 0 aromatic carbocycles. The van der Waals surface area contributed by atoms with Gasteiger partial charge in [-0.15, -0.1) is 0 Å². The van der Waals surface area contributed by atoms with Crippen molar-refractivity contribution < 1.29 is 4.43 Å². The van der Waals surface area contributed by atoms with Crippen molar-refractivity contribution in [3.05, 3.63) is 23.4 Å². The fourth-order valence-electron chi connectivity index (χ4n) is 2.26. The molecule has 2 aliphatic carbocycles. The van der Waals surface area contributed by atoms with Crippen molar-refractivity contribution in [1.82, 2.24) is 0 Å². The number of allylic oxidation sites excluding steroid dienone is 2. The van der Waals surface area contributed by atoms with E-state index in [4.69, 9.17) is 4.43 Å². The largest absolute Gasteiger partial charge is 0.416 e. The first-order valence-corrected chi connectivity index (χ1v) is 6.58. The number of fused-ring (bicyclic) bond motifs is 2. The fraction of sp³-hybridized carbons (Fsp3) is 0.636. The molecule has 3 atom stereocenters. The molecule has 1 saturated carbocycles. The van der Waals surface area contributed by atoms with E-state index in [9.17, 15) is 0 Å². The molecule has 1 nitrogen and oxygen atoms in total. The summed E-state index contributed by atoms with van der Waals surface area (Å²) in [5.41, 5.74) is 3.71. The van der Waals surface area contributed by atoms with Crippen molar-refractivity contribution in [3.8, 4) is 0 Å². The molecule has 3 unspecified atom stereocenters. The van der Waals surface area contributed by atoms with Gasteiger partial charge in [0.05, 0.1) is 6.10 Å². The minimum absolute atomic E-state index is 0.382. The predicted molar refractivity (Wildman–Crippen MR) is 58.2 cm³/mol. The minimum Gasteiger partial charge on any atom is -0.416 e. The van der Waals surface area contributed by atoms with Crippen LogP contribution in [0.25, 0.3) is 0 Å². The second-order valence-electron chi connectivity index (χ2n) is 4.43. The van der Waals surface area contributed by atoms with Crippen molar-refractivity contribution in [3.63, 3.8) is 0 Å². The van der Waals surface area contributed by atoms with E-state index in [2.05, 4.69) is 31.7 Å². The van der Waals surface area contributed by atoms with Gasteiger partial charge in [0.2, 0.25) is 0 Å². The maximum atomic E-state index is 5.96. The highest BCUT2D eigenvalue weighted by Crippen LogP contribution is 2.40. The Labute approximate surface area is 82.8 Å². The maximum Gasteiger partial charge on any atom is 0.185 e. The molecule has 72 valence electrons. The van der Waals surface area contributed by atoms with Crippen molar-refractivity contribution in [2.24, 2.45) is 11.8 Å². The molecule has 0 heterocycles. The van der Waals surface area contributed by atoms with Gasteiger partial charge in [0.25, 0.3) is 0 Å². The third-order valence-corrected chi connectivity index (χ3v) is 4.62. The molecule has 0 spiro atoms. The molecule has 2 heteroatoms. The third kappa shape index (κ3) is 2.12. The highest BCUT2D eigenvalue weighted by Gasteiger charge is 2.35. The number of hydrogen-bond acceptors (Lipinski definition) is 1. The zero-order valence-corrected chi connectivity index (χ0v) is 9.91. The molecule has 2 rings (SSSR count). The standard InChI is InChI=1S/C11H18OSi/c1-8(2)7-13-12-11-6-9-3-4-10(11)5-9/h3-4,7,9-11H,5-6,13H2,1-2H3.